The molecule has 0 aliphatic heterocycles. The molecule has 26 heavy (non-hydrogen) atoms. The van der Waals surface area contributed by atoms with Crippen molar-refractivity contribution in [1.82, 2.24) is 30.1 Å². The third-order valence-corrected chi connectivity index (χ3v) is 3.90. The van der Waals surface area contributed by atoms with E-state index >= 15 is 0 Å². The molecule has 0 atom stereocenters. The van der Waals surface area contributed by atoms with Gasteiger partial charge in [0.15, 0.2) is 0 Å². The SMILES string of the molecule is Cc1cccc(OCc2cn(CC(=O)NCc3cc(C)n(C)n3)nn2)c1. The van der Waals surface area contributed by atoms with Crippen LogP contribution in [0.3, 0.4) is 0 Å². The average Bonchev–Trinajstić information content (AvgIpc) is 3.18. The van der Waals surface area contributed by atoms with Gasteiger partial charge in [-0.15, -0.1) is 5.10 Å². The lowest BCUT2D eigenvalue weighted by Crippen LogP contribution is -2.27. The highest BCUT2D eigenvalue weighted by atomic mass is 16.5. The Morgan fingerprint density at radius 1 is 1.23 bits per heavy atom. The molecule has 1 N–H and O–H groups in total. The molecule has 0 saturated carbocycles. The summed E-state index contributed by atoms with van der Waals surface area (Å²) in [5.74, 6) is 0.632. The van der Waals surface area contributed by atoms with E-state index in [9.17, 15) is 4.79 Å². The highest BCUT2D eigenvalue weighted by molar-refractivity contribution is 5.75. The summed E-state index contributed by atoms with van der Waals surface area (Å²) in [5.41, 5.74) is 3.67. The van der Waals surface area contributed by atoms with Gasteiger partial charge < -0.3 is 10.1 Å². The van der Waals surface area contributed by atoms with Crippen molar-refractivity contribution in [3.63, 3.8) is 0 Å². The normalized spacial score (nSPS) is 10.7. The van der Waals surface area contributed by atoms with Crippen LogP contribution in [0, 0.1) is 13.8 Å². The van der Waals surface area contributed by atoms with Crippen LogP contribution in [0.4, 0.5) is 0 Å². The van der Waals surface area contributed by atoms with Gasteiger partial charge in [-0.05, 0) is 37.6 Å². The monoisotopic (exact) mass is 354 g/mol. The molecule has 8 nitrogen and oxygen atoms in total. The molecule has 0 spiro atoms. The Labute approximate surface area is 151 Å². The van der Waals surface area contributed by atoms with E-state index < -0.39 is 0 Å². The maximum atomic E-state index is 12.0. The van der Waals surface area contributed by atoms with Crippen LogP contribution in [0.5, 0.6) is 5.75 Å². The van der Waals surface area contributed by atoms with Crippen LogP contribution in [0.25, 0.3) is 0 Å². The predicted molar refractivity (Wildman–Crippen MR) is 95.3 cm³/mol. The van der Waals surface area contributed by atoms with Crippen molar-refractivity contribution in [2.45, 2.75) is 33.5 Å². The lowest BCUT2D eigenvalue weighted by Gasteiger charge is -2.04. The Morgan fingerprint density at radius 3 is 2.81 bits per heavy atom. The quantitative estimate of drug-likeness (QED) is 0.695. The van der Waals surface area contributed by atoms with Gasteiger partial charge in [0.1, 0.15) is 24.6 Å². The molecule has 2 heterocycles. The molecule has 0 unspecified atom stereocenters. The summed E-state index contributed by atoms with van der Waals surface area (Å²) < 4.78 is 8.95. The molecule has 1 amide bonds. The van der Waals surface area contributed by atoms with Gasteiger partial charge in [-0.1, -0.05) is 17.3 Å². The van der Waals surface area contributed by atoms with Crippen molar-refractivity contribution >= 4 is 5.91 Å². The first-order valence-corrected chi connectivity index (χ1v) is 8.34. The molecular formula is C18H22N6O2. The standard InChI is InChI=1S/C18H22N6O2/c1-13-5-4-6-17(7-13)26-12-16-10-24(22-20-16)11-18(25)19-9-15-8-14(2)23(3)21-15/h4-8,10H,9,11-12H2,1-3H3,(H,19,25). The topological polar surface area (TPSA) is 86.9 Å². The number of amides is 1. The number of nitrogens with one attached hydrogen (secondary N) is 1. The van der Waals surface area contributed by atoms with Gasteiger partial charge >= 0.3 is 0 Å². The molecule has 8 heteroatoms. The van der Waals surface area contributed by atoms with Gasteiger partial charge in [-0.2, -0.15) is 5.10 Å². The van der Waals surface area contributed by atoms with Crippen LogP contribution >= 0.6 is 0 Å². The Hall–Kier alpha value is -3.16. The first-order valence-electron chi connectivity index (χ1n) is 8.34. The van der Waals surface area contributed by atoms with Crippen molar-refractivity contribution in [2.24, 2.45) is 7.05 Å². The van der Waals surface area contributed by atoms with Gasteiger partial charge in [-0.3, -0.25) is 9.48 Å². The molecule has 2 aromatic heterocycles. The maximum Gasteiger partial charge on any atom is 0.242 e. The summed E-state index contributed by atoms with van der Waals surface area (Å²) in [6.45, 7) is 4.77. The minimum Gasteiger partial charge on any atom is -0.487 e. The fraction of sp³-hybridized carbons (Fsp3) is 0.333. The van der Waals surface area contributed by atoms with E-state index in [1.165, 1.54) is 4.68 Å². The van der Waals surface area contributed by atoms with E-state index in [4.69, 9.17) is 4.74 Å². The number of benzene rings is 1. The van der Waals surface area contributed by atoms with Crippen LogP contribution in [-0.2, 0) is 31.5 Å². The lowest BCUT2D eigenvalue weighted by molar-refractivity contribution is -0.122. The average molecular weight is 354 g/mol. The summed E-state index contributed by atoms with van der Waals surface area (Å²) in [4.78, 5) is 12.0. The lowest BCUT2D eigenvalue weighted by atomic mass is 10.2. The van der Waals surface area contributed by atoms with Crippen LogP contribution in [-0.4, -0.2) is 30.7 Å². The number of hydrogen-bond donors (Lipinski definition) is 1. The number of rotatable bonds is 7. The first kappa shape index (κ1) is 17.7. The largest absolute Gasteiger partial charge is 0.487 e. The van der Waals surface area contributed by atoms with E-state index in [0.29, 0.717) is 18.8 Å². The molecule has 0 bridgehead atoms. The molecule has 0 radical (unpaired) electrons. The van der Waals surface area contributed by atoms with Crippen LogP contribution < -0.4 is 10.1 Å². The van der Waals surface area contributed by atoms with Crippen molar-refractivity contribution in [3.05, 3.63) is 59.2 Å². The zero-order valence-electron chi connectivity index (χ0n) is 15.1. The zero-order valence-corrected chi connectivity index (χ0v) is 15.1. The Balaban J connectivity index is 1.47. The third-order valence-electron chi connectivity index (χ3n) is 3.90. The van der Waals surface area contributed by atoms with Crippen molar-refractivity contribution in [2.75, 3.05) is 0 Å². The van der Waals surface area contributed by atoms with Crippen LogP contribution in [0.15, 0.2) is 36.5 Å². The van der Waals surface area contributed by atoms with E-state index in [1.54, 1.807) is 10.9 Å². The Morgan fingerprint density at radius 2 is 2.08 bits per heavy atom. The summed E-state index contributed by atoms with van der Waals surface area (Å²) in [5, 5.41) is 15.1. The maximum absolute atomic E-state index is 12.0. The van der Waals surface area contributed by atoms with Gasteiger partial charge in [-0.25, -0.2) is 4.68 Å². The molecule has 0 saturated heterocycles. The highest BCUT2D eigenvalue weighted by Crippen LogP contribution is 2.13. The second-order valence-electron chi connectivity index (χ2n) is 6.19. The van der Waals surface area contributed by atoms with Gasteiger partial charge in [0.25, 0.3) is 0 Å². The van der Waals surface area contributed by atoms with Crippen LogP contribution in [0.2, 0.25) is 0 Å². The van der Waals surface area contributed by atoms with Crippen molar-refractivity contribution < 1.29 is 9.53 Å². The third kappa shape index (κ3) is 4.69. The number of carbonyl (C=O) groups is 1. The number of ether oxygens (including phenoxy) is 1. The Bertz CT molecular complexity index is 879. The number of hydrogen-bond acceptors (Lipinski definition) is 5. The molecule has 0 aliphatic rings. The minimum absolute atomic E-state index is 0.100. The van der Waals surface area contributed by atoms with Gasteiger partial charge in [0, 0.05) is 12.7 Å². The Kier molecular flexibility index (Phi) is 5.31. The fourth-order valence-corrected chi connectivity index (χ4v) is 2.46. The van der Waals surface area contributed by atoms with Crippen LogP contribution in [0.1, 0.15) is 22.6 Å². The number of carbonyl (C=O) groups excluding carboxylic acids is 1. The second-order valence-corrected chi connectivity index (χ2v) is 6.19. The molecule has 3 rings (SSSR count). The summed E-state index contributed by atoms with van der Waals surface area (Å²) in [6, 6.07) is 9.74. The summed E-state index contributed by atoms with van der Waals surface area (Å²) in [7, 11) is 1.87. The summed E-state index contributed by atoms with van der Waals surface area (Å²) >= 11 is 0. The number of nitrogens with zero attached hydrogens (tertiary/aromatic N) is 5. The smallest absolute Gasteiger partial charge is 0.242 e. The predicted octanol–water partition coefficient (Wildman–Crippen LogP) is 1.52. The fourth-order valence-electron chi connectivity index (χ4n) is 2.46. The number of aromatic nitrogens is 5. The van der Waals surface area contributed by atoms with Gasteiger partial charge in [0.05, 0.1) is 18.4 Å². The van der Waals surface area contributed by atoms with Crippen molar-refractivity contribution in [3.8, 4) is 5.75 Å². The number of aryl methyl sites for hydroxylation is 3. The highest BCUT2D eigenvalue weighted by Gasteiger charge is 2.08. The molecule has 0 fully saturated rings. The first-order chi connectivity index (χ1) is 12.5. The van der Waals surface area contributed by atoms with Crippen molar-refractivity contribution in [1.29, 1.82) is 0 Å². The second kappa shape index (κ2) is 7.81. The molecule has 3 aromatic rings. The minimum atomic E-state index is -0.149. The van der Waals surface area contributed by atoms with E-state index in [0.717, 1.165) is 22.7 Å². The zero-order chi connectivity index (χ0) is 18.5. The van der Waals surface area contributed by atoms with E-state index in [2.05, 4.69) is 20.7 Å². The molecule has 136 valence electrons. The van der Waals surface area contributed by atoms with E-state index in [1.807, 2.05) is 51.2 Å². The molecule has 0 aliphatic carbocycles. The molecule has 1 aromatic carbocycles. The van der Waals surface area contributed by atoms with Gasteiger partial charge in [0.2, 0.25) is 5.91 Å². The van der Waals surface area contributed by atoms with E-state index in [-0.39, 0.29) is 12.5 Å². The summed E-state index contributed by atoms with van der Waals surface area (Å²) in [6.07, 6.45) is 1.71. The molecular weight excluding hydrogens is 332 g/mol.